The fourth-order valence-electron chi connectivity index (χ4n) is 2.26. The predicted octanol–water partition coefficient (Wildman–Crippen LogP) is 1.45. The number of hydrogen-bond donors (Lipinski definition) is 1. The lowest BCUT2D eigenvalue weighted by Crippen LogP contribution is -2.30. The first-order valence-corrected chi connectivity index (χ1v) is 8.05. The molecule has 1 amide bonds. The van der Waals surface area contributed by atoms with Crippen molar-refractivity contribution in [2.75, 3.05) is 5.32 Å². The maximum absolute atomic E-state index is 12.1. The Morgan fingerprint density at radius 3 is 2.58 bits per heavy atom. The molecule has 3 aromatic heterocycles. The van der Waals surface area contributed by atoms with Crippen LogP contribution in [0.15, 0.2) is 29.1 Å². The minimum absolute atomic E-state index is 0.178. The third kappa shape index (κ3) is 3.40. The summed E-state index contributed by atoms with van der Waals surface area (Å²) in [7, 11) is 0. The van der Waals surface area contributed by atoms with E-state index in [0.717, 1.165) is 21.8 Å². The average Bonchev–Trinajstić information content (AvgIpc) is 3.06. The molecule has 0 aliphatic heterocycles. The quantitative estimate of drug-likeness (QED) is 0.773. The van der Waals surface area contributed by atoms with Crippen molar-refractivity contribution >= 4 is 22.4 Å². The summed E-state index contributed by atoms with van der Waals surface area (Å²) in [6, 6.07) is 6.65. The van der Waals surface area contributed by atoms with Gasteiger partial charge in [0.1, 0.15) is 11.5 Å². The molecule has 124 valence electrons. The summed E-state index contributed by atoms with van der Waals surface area (Å²) < 4.78 is 6.85. The molecule has 24 heavy (non-hydrogen) atoms. The highest BCUT2D eigenvalue weighted by Gasteiger charge is 2.11. The Labute approximate surface area is 141 Å². The normalized spacial score (nSPS) is 10.8. The number of anilines is 1. The Kier molecular flexibility index (Phi) is 4.26. The van der Waals surface area contributed by atoms with Gasteiger partial charge in [-0.1, -0.05) is 0 Å². The lowest BCUT2D eigenvalue weighted by atomic mass is 10.4. The summed E-state index contributed by atoms with van der Waals surface area (Å²) >= 11 is 1.19. The van der Waals surface area contributed by atoms with E-state index in [1.807, 2.05) is 26.8 Å². The van der Waals surface area contributed by atoms with Gasteiger partial charge in [0.2, 0.25) is 5.91 Å². The molecule has 9 heteroatoms. The smallest absolute Gasteiger partial charge is 0.267 e. The maximum Gasteiger partial charge on any atom is 0.267 e. The van der Waals surface area contributed by atoms with Crippen LogP contribution in [0.25, 0.3) is 5.82 Å². The van der Waals surface area contributed by atoms with E-state index in [1.54, 1.807) is 16.8 Å². The van der Waals surface area contributed by atoms with Crippen LogP contribution < -0.4 is 10.9 Å². The number of nitrogens with zero attached hydrogens (tertiary/aromatic N) is 5. The number of aryl methyl sites for hydroxylation is 3. The topological polar surface area (TPSA) is 94.7 Å². The molecule has 3 heterocycles. The highest BCUT2D eigenvalue weighted by atomic mass is 32.1. The molecule has 0 fully saturated rings. The van der Waals surface area contributed by atoms with Crippen molar-refractivity contribution in [2.24, 2.45) is 0 Å². The minimum atomic E-state index is -0.351. The molecule has 0 saturated carbocycles. The van der Waals surface area contributed by atoms with Gasteiger partial charge in [-0.05, 0) is 50.5 Å². The maximum atomic E-state index is 12.1. The van der Waals surface area contributed by atoms with Gasteiger partial charge in [0, 0.05) is 11.8 Å². The number of aromatic nitrogens is 5. The summed E-state index contributed by atoms with van der Waals surface area (Å²) in [6.45, 7) is 5.44. The molecule has 0 saturated heterocycles. The molecule has 0 atom stereocenters. The largest absolute Gasteiger partial charge is 0.315 e. The van der Waals surface area contributed by atoms with Crippen molar-refractivity contribution in [2.45, 2.75) is 27.3 Å². The number of carbonyl (C=O) groups excluding carboxylic acids is 1. The second-order valence-corrected chi connectivity index (χ2v) is 6.21. The van der Waals surface area contributed by atoms with Crippen LogP contribution in [0.1, 0.15) is 17.1 Å². The van der Waals surface area contributed by atoms with Crippen molar-refractivity contribution in [1.82, 2.24) is 23.9 Å². The van der Waals surface area contributed by atoms with Crippen molar-refractivity contribution < 1.29 is 4.79 Å². The molecule has 1 N–H and O–H groups in total. The Hall–Kier alpha value is -2.81. The second kappa shape index (κ2) is 6.36. The average molecular weight is 344 g/mol. The van der Waals surface area contributed by atoms with Crippen LogP contribution in [0.2, 0.25) is 0 Å². The van der Waals surface area contributed by atoms with Gasteiger partial charge in [-0.15, -0.1) is 5.10 Å². The zero-order valence-corrected chi connectivity index (χ0v) is 14.3. The Morgan fingerprint density at radius 1 is 1.17 bits per heavy atom. The fraction of sp³-hybridized carbons (Fsp3) is 0.267. The van der Waals surface area contributed by atoms with Crippen LogP contribution in [-0.2, 0) is 11.3 Å². The second-order valence-electron chi connectivity index (χ2n) is 5.41. The number of nitrogens with one attached hydrogen (secondary N) is 1. The van der Waals surface area contributed by atoms with Gasteiger partial charge < -0.3 is 5.32 Å². The van der Waals surface area contributed by atoms with Crippen LogP contribution >= 0.6 is 11.5 Å². The van der Waals surface area contributed by atoms with Crippen LogP contribution in [0, 0.1) is 20.8 Å². The van der Waals surface area contributed by atoms with Crippen LogP contribution in [0.4, 0.5) is 5.00 Å². The molecule has 0 aromatic carbocycles. The molecule has 8 nitrogen and oxygen atoms in total. The zero-order valence-electron chi connectivity index (χ0n) is 13.5. The first kappa shape index (κ1) is 16.1. The molecule has 0 aliphatic carbocycles. The lowest BCUT2D eigenvalue weighted by molar-refractivity contribution is -0.117. The van der Waals surface area contributed by atoms with Crippen molar-refractivity contribution in [1.29, 1.82) is 0 Å². The molecule has 0 unspecified atom stereocenters. The van der Waals surface area contributed by atoms with Crippen LogP contribution in [0.5, 0.6) is 0 Å². The van der Waals surface area contributed by atoms with E-state index in [-0.39, 0.29) is 18.0 Å². The number of rotatable bonds is 4. The number of amides is 1. The Balaban J connectivity index is 1.83. The predicted molar refractivity (Wildman–Crippen MR) is 90.6 cm³/mol. The van der Waals surface area contributed by atoms with Crippen molar-refractivity contribution in [3.63, 3.8) is 0 Å². The Bertz CT molecular complexity index is 955. The Morgan fingerprint density at radius 2 is 1.96 bits per heavy atom. The number of hydrogen-bond acceptors (Lipinski definition) is 6. The van der Waals surface area contributed by atoms with Crippen molar-refractivity contribution in [3.05, 3.63) is 51.7 Å². The van der Waals surface area contributed by atoms with E-state index in [1.165, 1.54) is 17.6 Å². The third-order valence-corrected chi connectivity index (χ3v) is 4.06. The number of carbonyl (C=O) groups is 1. The molecule has 3 aromatic rings. The van der Waals surface area contributed by atoms with Crippen molar-refractivity contribution in [3.8, 4) is 5.82 Å². The standard InChI is InChI=1S/C15H16N6O2S/c1-9-6-11(3)21(17-9)12-4-5-15(23)20(18-12)8-13(22)16-14-7-10(2)19-24-14/h4-7H,8H2,1-3H3,(H,16,22). The highest BCUT2D eigenvalue weighted by Crippen LogP contribution is 2.15. The lowest BCUT2D eigenvalue weighted by Gasteiger charge is -2.08. The van der Waals surface area contributed by atoms with Gasteiger partial charge in [-0.2, -0.15) is 9.47 Å². The summed E-state index contributed by atoms with van der Waals surface area (Å²) in [5.41, 5.74) is 2.23. The summed E-state index contributed by atoms with van der Waals surface area (Å²) in [4.78, 5) is 24.1. The van der Waals surface area contributed by atoms with Gasteiger partial charge in [0.25, 0.3) is 5.56 Å². The minimum Gasteiger partial charge on any atom is -0.315 e. The third-order valence-electron chi connectivity index (χ3n) is 3.26. The summed E-state index contributed by atoms with van der Waals surface area (Å²) in [6.07, 6.45) is 0. The molecule has 3 rings (SSSR count). The molecular formula is C15H16N6O2S. The van der Waals surface area contributed by atoms with E-state index >= 15 is 0 Å². The first-order chi connectivity index (χ1) is 11.4. The van der Waals surface area contributed by atoms with Gasteiger partial charge >= 0.3 is 0 Å². The van der Waals surface area contributed by atoms with E-state index in [0.29, 0.717) is 10.8 Å². The van der Waals surface area contributed by atoms with E-state index in [4.69, 9.17) is 0 Å². The molecule has 0 aliphatic rings. The molecule has 0 radical (unpaired) electrons. The highest BCUT2D eigenvalue weighted by molar-refractivity contribution is 7.10. The van der Waals surface area contributed by atoms with Gasteiger partial charge in [0.05, 0.1) is 11.4 Å². The zero-order chi connectivity index (χ0) is 17.3. The van der Waals surface area contributed by atoms with E-state index in [9.17, 15) is 9.59 Å². The van der Waals surface area contributed by atoms with Gasteiger partial charge in [-0.25, -0.2) is 9.36 Å². The first-order valence-electron chi connectivity index (χ1n) is 7.27. The summed E-state index contributed by atoms with van der Waals surface area (Å²) in [5, 5.41) is 11.9. The van der Waals surface area contributed by atoms with Crippen LogP contribution in [-0.4, -0.2) is 29.8 Å². The van der Waals surface area contributed by atoms with E-state index in [2.05, 4.69) is 19.9 Å². The fourth-order valence-corrected chi connectivity index (χ4v) is 2.94. The monoisotopic (exact) mass is 344 g/mol. The van der Waals surface area contributed by atoms with Gasteiger partial charge in [0.15, 0.2) is 5.82 Å². The van der Waals surface area contributed by atoms with E-state index < -0.39 is 0 Å². The SMILES string of the molecule is Cc1cc(NC(=O)Cn2nc(-n3nc(C)cc3C)ccc2=O)sn1. The molecule has 0 bridgehead atoms. The summed E-state index contributed by atoms with van der Waals surface area (Å²) in [5.74, 6) is 0.153. The molecule has 0 spiro atoms. The molecular weight excluding hydrogens is 328 g/mol. The van der Waals surface area contributed by atoms with Crippen LogP contribution in [0.3, 0.4) is 0 Å². The van der Waals surface area contributed by atoms with Gasteiger partial charge in [-0.3, -0.25) is 9.59 Å².